The normalized spacial score (nSPS) is 27.2. The van der Waals surface area contributed by atoms with Gasteiger partial charge in [0.15, 0.2) is 0 Å². The van der Waals surface area contributed by atoms with Crippen LogP contribution in [0.5, 0.6) is 0 Å². The molecule has 0 amide bonds. The lowest BCUT2D eigenvalue weighted by molar-refractivity contribution is 0.635. The van der Waals surface area contributed by atoms with Crippen LogP contribution < -0.4 is 0 Å². The number of rotatable bonds is 2. The van der Waals surface area contributed by atoms with Crippen LogP contribution in [0.4, 0.5) is 0 Å². The van der Waals surface area contributed by atoms with E-state index in [9.17, 15) is 0 Å². The van der Waals surface area contributed by atoms with Crippen LogP contribution in [-0.2, 0) is 0 Å². The van der Waals surface area contributed by atoms with E-state index in [1.807, 2.05) is 5.92 Å². The molecule has 1 radical (unpaired) electrons. The molecule has 0 bridgehead atoms. The molecular weight excluding hydrogens is 120 g/mol. The molecule has 2 rings (SSSR count). The fraction of sp³-hybridized carbons (Fsp3) is 0.700. The van der Waals surface area contributed by atoms with Crippen molar-refractivity contribution in [3.63, 3.8) is 0 Å². The zero-order chi connectivity index (χ0) is 6.81. The maximum Gasteiger partial charge on any atom is -0.0198 e. The summed E-state index contributed by atoms with van der Waals surface area (Å²) in [5, 5.41) is 0. The largest absolute Gasteiger partial charge is 0.0885 e. The third-order valence-corrected chi connectivity index (χ3v) is 2.51. The van der Waals surface area contributed by atoms with Crippen LogP contribution in [0.25, 0.3) is 0 Å². The van der Waals surface area contributed by atoms with Gasteiger partial charge in [0.05, 0.1) is 0 Å². The van der Waals surface area contributed by atoms with Crippen molar-refractivity contribution in [3.8, 4) is 0 Å². The summed E-state index contributed by atoms with van der Waals surface area (Å²) in [6, 6.07) is 0. The molecule has 0 heteroatoms. The van der Waals surface area contributed by atoms with E-state index in [2.05, 4.69) is 12.2 Å². The zero-order valence-electron chi connectivity index (χ0n) is 6.47. The van der Waals surface area contributed by atoms with Gasteiger partial charge in [-0.25, -0.2) is 0 Å². The molecule has 0 aromatic carbocycles. The lowest BCUT2D eigenvalue weighted by Crippen LogP contribution is -2.00. The average Bonchev–Trinajstić information content (AvgIpc) is 2.74. The monoisotopic (exact) mass is 135 g/mol. The van der Waals surface area contributed by atoms with Crippen molar-refractivity contribution in [3.05, 3.63) is 18.1 Å². The van der Waals surface area contributed by atoms with Gasteiger partial charge in [0.25, 0.3) is 0 Å². The highest BCUT2D eigenvalue weighted by molar-refractivity contribution is 5.06. The Balaban J connectivity index is 1.75. The van der Waals surface area contributed by atoms with Crippen molar-refractivity contribution in [2.45, 2.75) is 38.5 Å². The zero-order valence-corrected chi connectivity index (χ0v) is 6.47. The maximum absolute atomic E-state index is 2.33. The quantitative estimate of drug-likeness (QED) is 0.510. The van der Waals surface area contributed by atoms with E-state index in [-0.39, 0.29) is 0 Å². The van der Waals surface area contributed by atoms with E-state index in [0.29, 0.717) is 0 Å². The SMILES string of the molecule is C1=CC[C](CC2CC2)CC1. The highest BCUT2D eigenvalue weighted by atomic mass is 14.3. The summed E-state index contributed by atoms with van der Waals surface area (Å²) in [6.45, 7) is 0. The molecule has 0 spiro atoms. The van der Waals surface area contributed by atoms with Crippen LogP contribution in [0.15, 0.2) is 12.2 Å². The van der Waals surface area contributed by atoms with Crippen molar-refractivity contribution in [1.29, 1.82) is 0 Å². The minimum atomic E-state index is 1.10. The smallest absolute Gasteiger partial charge is 0.0198 e. The Hall–Kier alpha value is -0.260. The van der Waals surface area contributed by atoms with Crippen molar-refractivity contribution in [1.82, 2.24) is 0 Å². The van der Waals surface area contributed by atoms with E-state index in [1.54, 1.807) is 0 Å². The predicted molar refractivity (Wildman–Crippen MR) is 43.6 cm³/mol. The molecule has 1 saturated carbocycles. The van der Waals surface area contributed by atoms with Gasteiger partial charge in [0.2, 0.25) is 0 Å². The Kier molecular flexibility index (Phi) is 1.79. The molecule has 2 aliphatic carbocycles. The summed E-state index contributed by atoms with van der Waals surface area (Å²) < 4.78 is 0. The first-order chi connectivity index (χ1) is 4.95. The summed E-state index contributed by atoms with van der Waals surface area (Å²) in [7, 11) is 0. The van der Waals surface area contributed by atoms with Gasteiger partial charge in [0.1, 0.15) is 0 Å². The van der Waals surface area contributed by atoms with Gasteiger partial charge >= 0.3 is 0 Å². The van der Waals surface area contributed by atoms with Crippen LogP contribution in [-0.4, -0.2) is 0 Å². The summed E-state index contributed by atoms with van der Waals surface area (Å²) in [5.74, 6) is 2.91. The Morgan fingerprint density at radius 3 is 2.80 bits per heavy atom. The summed E-state index contributed by atoms with van der Waals surface area (Å²) in [4.78, 5) is 0. The summed E-state index contributed by atoms with van der Waals surface area (Å²) >= 11 is 0. The molecule has 0 nitrogen and oxygen atoms in total. The summed E-state index contributed by atoms with van der Waals surface area (Å²) in [5.41, 5.74) is 0. The molecular formula is C10H15. The Morgan fingerprint density at radius 1 is 1.30 bits per heavy atom. The fourth-order valence-electron chi connectivity index (χ4n) is 1.67. The Labute approximate surface area is 63.3 Å². The van der Waals surface area contributed by atoms with Crippen LogP contribution in [0.1, 0.15) is 38.5 Å². The molecule has 1 fully saturated rings. The number of hydrogen-bond acceptors (Lipinski definition) is 0. The standard InChI is InChI=1S/C10H15/c1-2-4-9(5-3-1)8-10-6-7-10/h1-2,10H,3-8H2. The molecule has 2 aliphatic rings. The van der Waals surface area contributed by atoms with Gasteiger partial charge in [-0.3, -0.25) is 0 Å². The second-order valence-electron chi connectivity index (χ2n) is 3.61. The van der Waals surface area contributed by atoms with E-state index in [1.165, 1.54) is 38.5 Å². The first-order valence-corrected chi connectivity index (χ1v) is 4.44. The number of allylic oxidation sites excluding steroid dienone is 2. The summed E-state index contributed by atoms with van der Waals surface area (Å²) in [6.07, 6.45) is 13.1. The topological polar surface area (TPSA) is 0 Å². The van der Waals surface area contributed by atoms with Gasteiger partial charge < -0.3 is 0 Å². The lowest BCUT2D eigenvalue weighted by atomic mass is 9.90. The predicted octanol–water partition coefficient (Wildman–Crippen LogP) is 3.10. The third-order valence-electron chi connectivity index (χ3n) is 2.51. The van der Waals surface area contributed by atoms with Gasteiger partial charge in [-0.15, -0.1) is 0 Å². The van der Waals surface area contributed by atoms with Crippen molar-refractivity contribution in [2.24, 2.45) is 5.92 Å². The molecule has 0 unspecified atom stereocenters. The molecule has 55 valence electrons. The third kappa shape index (κ3) is 1.62. The van der Waals surface area contributed by atoms with Gasteiger partial charge in [-0.05, 0) is 37.5 Å². The van der Waals surface area contributed by atoms with Gasteiger partial charge in [-0.1, -0.05) is 25.0 Å². The highest BCUT2D eigenvalue weighted by Crippen LogP contribution is 2.39. The van der Waals surface area contributed by atoms with Crippen LogP contribution in [0, 0.1) is 11.8 Å². The van der Waals surface area contributed by atoms with Crippen LogP contribution in [0.3, 0.4) is 0 Å². The van der Waals surface area contributed by atoms with Crippen LogP contribution >= 0.6 is 0 Å². The van der Waals surface area contributed by atoms with Gasteiger partial charge in [-0.2, -0.15) is 0 Å². The van der Waals surface area contributed by atoms with E-state index in [4.69, 9.17) is 0 Å². The highest BCUT2D eigenvalue weighted by Gasteiger charge is 2.25. The molecule has 0 aromatic rings. The van der Waals surface area contributed by atoms with Gasteiger partial charge in [0, 0.05) is 0 Å². The molecule has 0 atom stereocenters. The van der Waals surface area contributed by atoms with Crippen LogP contribution in [0.2, 0.25) is 0 Å². The van der Waals surface area contributed by atoms with E-state index < -0.39 is 0 Å². The fourth-order valence-corrected chi connectivity index (χ4v) is 1.67. The Morgan fingerprint density at radius 2 is 2.20 bits per heavy atom. The maximum atomic E-state index is 2.33. The minimum Gasteiger partial charge on any atom is -0.0885 e. The molecule has 0 N–H and O–H groups in total. The Bertz CT molecular complexity index is 131. The second kappa shape index (κ2) is 2.77. The second-order valence-corrected chi connectivity index (χ2v) is 3.61. The lowest BCUT2D eigenvalue weighted by Gasteiger charge is -2.15. The first-order valence-electron chi connectivity index (χ1n) is 4.44. The van der Waals surface area contributed by atoms with Crippen molar-refractivity contribution in [2.75, 3.05) is 0 Å². The molecule has 0 aliphatic heterocycles. The van der Waals surface area contributed by atoms with E-state index in [0.717, 1.165) is 5.92 Å². The molecule has 0 heterocycles. The van der Waals surface area contributed by atoms with Crippen molar-refractivity contribution < 1.29 is 0 Å². The molecule has 0 aromatic heterocycles. The molecule has 10 heavy (non-hydrogen) atoms. The van der Waals surface area contributed by atoms with Crippen molar-refractivity contribution >= 4 is 0 Å². The van der Waals surface area contributed by atoms with E-state index >= 15 is 0 Å². The minimum absolute atomic E-state index is 1.10. The average molecular weight is 135 g/mol. The number of hydrogen-bond donors (Lipinski definition) is 0. The molecule has 0 saturated heterocycles. The first kappa shape index (κ1) is 6.45.